The summed E-state index contributed by atoms with van der Waals surface area (Å²) in [5.41, 5.74) is 0.539. The molecule has 1 aliphatic heterocycles. The SMILES string of the molecule is CNC1CN(S(=O)(=O)c2ccccc2C(C)(C)C)CC1O. The third-order valence-electron chi connectivity index (χ3n) is 3.94. The molecule has 0 spiro atoms. The Bertz CT molecular complexity index is 608. The first-order valence-electron chi connectivity index (χ1n) is 7.13. The molecule has 6 heteroatoms. The van der Waals surface area contributed by atoms with E-state index in [2.05, 4.69) is 5.32 Å². The molecule has 2 N–H and O–H groups in total. The van der Waals surface area contributed by atoms with Crippen molar-refractivity contribution in [3.05, 3.63) is 29.8 Å². The van der Waals surface area contributed by atoms with E-state index in [0.29, 0.717) is 11.4 Å². The molecule has 0 bridgehead atoms. The molecule has 2 atom stereocenters. The van der Waals surface area contributed by atoms with Crippen molar-refractivity contribution < 1.29 is 13.5 Å². The molecule has 2 rings (SSSR count). The van der Waals surface area contributed by atoms with Gasteiger partial charge < -0.3 is 10.4 Å². The van der Waals surface area contributed by atoms with Gasteiger partial charge in [-0.1, -0.05) is 39.0 Å². The molecular weight excluding hydrogens is 288 g/mol. The number of nitrogens with zero attached hydrogens (tertiary/aromatic N) is 1. The molecule has 1 aromatic carbocycles. The molecule has 1 aliphatic rings. The van der Waals surface area contributed by atoms with Crippen molar-refractivity contribution >= 4 is 10.0 Å². The van der Waals surface area contributed by atoms with Gasteiger partial charge in [0.25, 0.3) is 0 Å². The zero-order chi connectivity index (χ0) is 15.8. The Balaban J connectivity index is 2.43. The first-order valence-corrected chi connectivity index (χ1v) is 8.57. The fraction of sp³-hybridized carbons (Fsp3) is 0.600. The van der Waals surface area contributed by atoms with Gasteiger partial charge in [0.15, 0.2) is 0 Å². The lowest BCUT2D eigenvalue weighted by molar-refractivity contribution is 0.163. The van der Waals surface area contributed by atoms with Crippen LogP contribution in [0.3, 0.4) is 0 Å². The maximum Gasteiger partial charge on any atom is 0.243 e. The quantitative estimate of drug-likeness (QED) is 0.871. The predicted molar refractivity (Wildman–Crippen MR) is 82.8 cm³/mol. The second kappa shape index (κ2) is 5.68. The first-order chi connectivity index (χ1) is 9.67. The molecule has 0 amide bonds. The largest absolute Gasteiger partial charge is 0.390 e. The second-order valence-corrected chi connectivity index (χ2v) is 8.44. The Morgan fingerprint density at radius 2 is 1.86 bits per heavy atom. The van der Waals surface area contributed by atoms with Gasteiger partial charge in [0, 0.05) is 19.1 Å². The predicted octanol–water partition coefficient (Wildman–Crippen LogP) is 0.937. The summed E-state index contributed by atoms with van der Waals surface area (Å²) in [4.78, 5) is 0.335. The van der Waals surface area contributed by atoms with Gasteiger partial charge in [-0.15, -0.1) is 0 Å². The average Bonchev–Trinajstić information content (AvgIpc) is 2.80. The van der Waals surface area contributed by atoms with Crippen molar-refractivity contribution in [2.24, 2.45) is 0 Å². The number of nitrogens with one attached hydrogen (secondary N) is 1. The number of hydrogen-bond donors (Lipinski definition) is 2. The van der Waals surface area contributed by atoms with E-state index in [1.807, 2.05) is 32.9 Å². The maximum absolute atomic E-state index is 12.9. The Morgan fingerprint density at radius 1 is 1.24 bits per heavy atom. The molecule has 21 heavy (non-hydrogen) atoms. The summed E-state index contributed by atoms with van der Waals surface area (Å²) in [6, 6.07) is 6.88. The molecule has 2 unspecified atom stereocenters. The van der Waals surface area contributed by atoms with Crippen LogP contribution >= 0.6 is 0 Å². The van der Waals surface area contributed by atoms with Crippen molar-refractivity contribution in [2.75, 3.05) is 20.1 Å². The molecule has 1 saturated heterocycles. The molecule has 0 saturated carbocycles. The van der Waals surface area contributed by atoms with Gasteiger partial charge in [-0.25, -0.2) is 8.42 Å². The Labute approximate surface area is 127 Å². The highest BCUT2D eigenvalue weighted by molar-refractivity contribution is 7.89. The summed E-state index contributed by atoms with van der Waals surface area (Å²) in [6.45, 7) is 6.41. The zero-order valence-corrected chi connectivity index (χ0v) is 13.8. The van der Waals surface area contributed by atoms with Gasteiger partial charge in [-0.3, -0.25) is 0 Å². The topological polar surface area (TPSA) is 69.6 Å². The monoisotopic (exact) mass is 312 g/mol. The third kappa shape index (κ3) is 3.13. The smallest absolute Gasteiger partial charge is 0.243 e. The van der Waals surface area contributed by atoms with Crippen LogP contribution in [0, 0.1) is 0 Å². The van der Waals surface area contributed by atoms with Crippen LogP contribution in [0.25, 0.3) is 0 Å². The van der Waals surface area contributed by atoms with Crippen LogP contribution in [0.15, 0.2) is 29.2 Å². The second-order valence-electron chi connectivity index (χ2n) is 6.53. The van der Waals surface area contributed by atoms with E-state index in [1.165, 1.54) is 4.31 Å². The van der Waals surface area contributed by atoms with E-state index >= 15 is 0 Å². The summed E-state index contributed by atoms with van der Waals surface area (Å²) in [5.74, 6) is 0. The fourth-order valence-electron chi connectivity index (χ4n) is 2.68. The normalized spacial score (nSPS) is 24.4. The molecule has 0 radical (unpaired) electrons. The summed E-state index contributed by atoms with van der Waals surface area (Å²) in [7, 11) is -1.87. The third-order valence-corrected chi connectivity index (χ3v) is 5.83. The number of likely N-dealkylation sites (N-methyl/N-ethyl adjacent to an activating group) is 1. The number of benzene rings is 1. The number of rotatable bonds is 3. The van der Waals surface area contributed by atoms with E-state index < -0.39 is 16.1 Å². The van der Waals surface area contributed by atoms with Gasteiger partial charge >= 0.3 is 0 Å². The van der Waals surface area contributed by atoms with E-state index in [-0.39, 0.29) is 18.0 Å². The fourth-order valence-corrected chi connectivity index (χ4v) is 4.57. The van der Waals surface area contributed by atoms with Gasteiger partial charge in [0.2, 0.25) is 10.0 Å². The first kappa shape index (κ1) is 16.4. The van der Waals surface area contributed by atoms with Gasteiger partial charge in [0.05, 0.1) is 11.0 Å². The van der Waals surface area contributed by atoms with Crippen molar-refractivity contribution in [3.63, 3.8) is 0 Å². The molecule has 1 heterocycles. The molecule has 1 fully saturated rings. The van der Waals surface area contributed by atoms with Gasteiger partial charge in [-0.05, 0) is 24.1 Å². The minimum atomic E-state index is -3.60. The van der Waals surface area contributed by atoms with Crippen LogP contribution in [0.2, 0.25) is 0 Å². The van der Waals surface area contributed by atoms with Crippen LogP contribution in [-0.4, -0.2) is 50.1 Å². The molecule has 5 nitrogen and oxygen atoms in total. The summed E-state index contributed by atoms with van der Waals surface area (Å²) >= 11 is 0. The average molecular weight is 312 g/mol. The van der Waals surface area contributed by atoms with E-state index in [9.17, 15) is 13.5 Å². The van der Waals surface area contributed by atoms with Crippen LogP contribution in [0.4, 0.5) is 0 Å². The number of hydrogen-bond acceptors (Lipinski definition) is 4. The highest BCUT2D eigenvalue weighted by atomic mass is 32.2. The number of aliphatic hydroxyl groups is 1. The molecule has 0 aromatic heterocycles. The van der Waals surface area contributed by atoms with Gasteiger partial charge in [0.1, 0.15) is 0 Å². The zero-order valence-electron chi connectivity index (χ0n) is 13.0. The van der Waals surface area contributed by atoms with Crippen LogP contribution in [-0.2, 0) is 15.4 Å². The summed E-state index contributed by atoms with van der Waals surface area (Å²) in [6.07, 6.45) is -0.674. The summed E-state index contributed by atoms with van der Waals surface area (Å²) in [5, 5.41) is 12.9. The van der Waals surface area contributed by atoms with Crippen LogP contribution < -0.4 is 5.32 Å². The number of aliphatic hydroxyl groups excluding tert-OH is 1. The van der Waals surface area contributed by atoms with E-state index in [4.69, 9.17) is 0 Å². The highest BCUT2D eigenvalue weighted by Crippen LogP contribution is 2.31. The standard InChI is InChI=1S/C15H24N2O3S/c1-15(2,3)11-7-5-6-8-14(11)21(19,20)17-9-12(16-4)13(18)10-17/h5-8,12-13,16,18H,9-10H2,1-4H3. The molecule has 1 aromatic rings. The Morgan fingerprint density at radius 3 is 2.38 bits per heavy atom. The lowest BCUT2D eigenvalue weighted by Crippen LogP contribution is -2.37. The van der Waals surface area contributed by atoms with Crippen LogP contribution in [0.1, 0.15) is 26.3 Å². The molecule has 118 valence electrons. The van der Waals surface area contributed by atoms with E-state index in [0.717, 1.165) is 5.56 Å². The number of sulfonamides is 1. The van der Waals surface area contributed by atoms with Crippen molar-refractivity contribution in [3.8, 4) is 0 Å². The minimum absolute atomic E-state index is 0.131. The highest BCUT2D eigenvalue weighted by Gasteiger charge is 2.39. The maximum atomic E-state index is 12.9. The lowest BCUT2D eigenvalue weighted by Gasteiger charge is -2.25. The Hall–Kier alpha value is -0.950. The van der Waals surface area contributed by atoms with Crippen molar-refractivity contribution in [1.29, 1.82) is 0 Å². The minimum Gasteiger partial charge on any atom is -0.390 e. The van der Waals surface area contributed by atoms with Gasteiger partial charge in [-0.2, -0.15) is 4.31 Å². The van der Waals surface area contributed by atoms with E-state index in [1.54, 1.807) is 19.2 Å². The molecule has 0 aliphatic carbocycles. The van der Waals surface area contributed by atoms with Crippen molar-refractivity contribution in [2.45, 2.75) is 43.2 Å². The van der Waals surface area contributed by atoms with Crippen molar-refractivity contribution in [1.82, 2.24) is 9.62 Å². The lowest BCUT2D eigenvalue weighted by atomic mass is 9.87. The summed E-state index contributed by atoms with van der Waals surface area (Å²) < 4.78 is 27.2. The number of β-amino-alcohol motifs (C(OH)–C–C–N with tert-alkyl or cyclic N) is 1. The Kier molecular flexibility index (Phi) is 4.44. The van der Waals surface area contributed by atoms with Crippen LogP contribution in [0.5, 0.6) is 0 Å². The molecular formula is C15H24N2O3S.